The van der Waals surface area contributed by atoms with Gasteiger partial charge in [-0.1, -0.05) is 0 Å². The number of hydrogen-bond donors (Lipinski definition) is 3. The first-order valence-corrected chi connectivity index (χ1v) is 9.18. The number of aryl methyl sites for hydroxylation is 1. The number of rotatable bonds is 4. The molecule has 0 atom stereocenters. The zero-order valence-corrected chi connectivity index (χ0v) is 16.8. The molecule has 0 saturated heterocycles. The number of halogens is 4. The Balaban J connectivity index is 1.81. The number of amides is 1. The number of carbonyl (C=O) groups is 1. The Hall–Kier alpha value is -3.63. The third-order valence-corrected chi connectivity index (χ3v) is 3.96. The lowest BCUT2D eigenvalue weighted by Crippen LogP contribution is -2.37. The lowest BCUT2D eigenvalue weighted by molar-refractivity contribution is -0.153. The van der Waals surface area contributed by atoms with Crippen LogP contribution < -0.4 is 10.6 Å². The fourth-order valence-electron chi connectivity index (χ4n) is 2.71. The molecule has 3 aromatic rings. The zero-order chi connectivity index (χ0) is 22.8. The van der Waals surface area contributed by atoms with Gasteiger partial charge in [0.1, 0.15) is 11.6 Å². The van der Waals surface area contributed by atoms with Crippen LogP contribution in [0.1, 0.15) is 35.7 Å². The predicted molar refractivity (Wildman–Crippen MR) is 106 cm³/mol. The molecule has 0 radical (unpaired) electrons. The van der Waals surface area contributed by atoms with Gasteiger partial charge in [-0.25, -0.2) is 9.38 Å². The van der Waals surface area contributed by atoms with E-state index in [1.54, 1.807) is 32.0 Å². The van der Waals surface area contributed by atoms with Gasteiger partial charge in [0.05, 0.1) is 11.3 Å². The highest BCUT2D eigenvalue weighted by Crippen LogP contribution is 2.34. The lowest BCUT2D eigenvalue weighted by Gasteiger charge is -2.11. The molecule has 0 aliphatic heterocycles. The molecule has 0 spiro atoms. The number of anilines is 1. The van der Waals surface area contributed by atoms with Gasteiger partial charge in [-0.2, -0.15) is 18.3 Å². The minimum atomic E-state index is -4.82. The summed E-state index contributed by atoms with van der Waals surface area (Å²) in [6.07, 6.45) is -4.82. The molecule has 0 fully saturated rings. The quantitative estimate of drug-likeness (QED) is 0.312. The van der Waals surface area contributed by atoms with Crippen molar-refractivity contribution in [1.82, 2.24) is 15.5 Å². The summed E-state index contributed by atoms with van der Waals surface area (Å²) in [7, 11) is 0. The summed E-state index contributed by atoms with van der Waals surface area (Å²) < 4.78 is 57.2. The van der Waals surface area contributed by atoms with Gasteiger partial charge < -0.3 is 9.73 Å². The van der Waals surface area contributed by atoms with Crippen molar-refractivity contribution < 1.29 is 26.8 Å². The Morgan fingerprint density at radius 2 is 1.87 bits per heavy atom. The summed E-state index contributed by atoms with van der Waals surface area (Å²) in [6.45, 7) is 4.77. The molecule has 3 rings (SSSR count). The molecule has 0 saturated carbocycles. The number of carbonyl (C=O) groups excluding carboxylic acids is 1. The van der Waals surface area contributed by atoms with E-state index < -0.39 is 23.4 Å². The maximum absolute atomic E-state index is 13.1. The third kappa shape index (κ3) is 5.50. The summed E-state index contributed by atoms with van der Waals surface area (Å²) in [5.74, 6) is -2.70. The lowest BCUT2D eigenvalue weighted by atomic mass is 10.1. The largest absolute Gasteiger partial charge is 0.456 e. The van der Waals surface area contributed by atoms with Gasteiger partial charge >= 0.3 is 6.18 Å². The monoisotopic (exact) mass is 437 g/mol. The Labute approximate surface area is 174 Å². The maximum atomic E-state index is 13.1. The van der Waals surface area contributed by atoms with Crippen LogP contribution in [0.5, 0.6) is 0 Å². The van der Waals surface area contributed by atoms with Gasteiger partial charge in [0, 0.05) is 12.1 Å². The molecule has 7 nitrogen and oxygen atoms in total. The van der Waals surface area contributed by atoms with E-state index in [0.29, 0.717) is 11.3 Å². The Kier molecular flexibility index (Phi) is 6.14. The third-order valence-electron chi connectivity index (χ3n) is 3.96. The van der Waals surface area contributed by atoms with E-state index in [4.69, 9.17) is 0 Å². The summed E-state index contributed by atoms with van der Waals surface area (Å²) in [5, 5.41) is 11.9. The second kappa shape index (κ2) is 8.62. The molecule has 1 amide bonds. The zero-order valence-electron chi connectivity index (χ0n) is 16.8. The van der Waals surface area contributed by atoms with Gasteiger partial charge in [0.2, 0.25) is 11.7 Å². The SMILES string of the molecule is Cc1cc(C(=O)NC(=NC(C)C)Nc2cc(-c3ccc(F)cc3)[nH]n2)c(C(F)(F)F)o1. The average Bonchev–Trinajstić information content (AvgIpc) is 3.28. The van der Waals surface area contributed by atoms with Crippen LogP contribution in [-0.2, 0) is 6.18 Å². The molecule has 0 bridgehead atoms. The number of nitrogens with zero attached hydrogens (tertiary/aromatic N) is 2. The molecule has 0 aliphatic carbocycles. The van der Waals surface area contributed by atoms with Crippen LogP contribution in [0.15, 0.2) is 45.8 Å². The number of guanidine groups is 1. The van der Waals surface area contributed by atoms with Crippen LogP contribution in [-0.4, -0.2) is 28.1 Å². The molecular weight excluding hydrogens is 418 g/mol. The van der Waals surface area contributed by atoms with E-state index in [0.717, 1.165) is 6.07 Å². The molecule has 2 aromatic heterocycles. The van der Waals surface area contributed by atoms with Crippen LogP contribution in [0, 0.1) is 12.7 Å². The molecule has 31 heavy (non-hydrogen) atoms. The van der Waals surface area contributed by atoms with Crippen LogP contribution in [0.4, 0.5) is 23.4 Å². The summed E-state index contributed by atoms with van der Waals surface area (Å²) >= 11 is 0. The number of aromatic nitrogens is 2. The number of aliphatic imine (C=N–C) groups is 1. The van der Waals surface area contributed by atoms with Crippen LogP contribution in [0.2, 0.25) is 0 Å². The van der Waals surface area contributed by atoms with E-state index in [9.17, 15) is 22.4 Å². The molecule has 1 aromatic carbocycles. The Morgan fingerprint density at radius 1 is 1.19 bits per heavy atom. The van der Waals surface area contributed by atoms with E-state index >= 15 is 0 Å². The van der Waals surface area contributed by atoms with Crippen LogP contribution >= 0.6 is 0 Å². The second-order valence-electron chi connectivity index (χ2n) is 6.92. The number of aromatic amines is 1. The number of nitrogens with one attached hydrogen (secondary N) is 3. The predicted octanol–water partition coefficient (Wildman–Crippen LogP) is 4.74. The number of H-pyrrole nitrogens is 1. The molecule has 0 unspecified atom stereocenters. The highest BCUT2D eigenvalue weighted by atomic mass is 19.4. The van der Waals surface area contributed by atoms with E-state index in [2.05, 4.69) is 30.2 Å². The van der Waals surface area contributed by atoms with Crippen molar-refractivity contribution in [1.29, 1.82) is 0 Å². The van der Waals surface area contributed by atoms with Crippen molar-refractivity contribution >= 4 is 17.7 Å². The van der Waals surface area contributed by atoms with Gasteiger partial charge in [0.15, 0.2) is 5.82 Å². The standard InChI is InChI=1S/C20H19F4N5O2/c1-10(2)25-19(27-18(30)14-8-11(3)31-17(14)20(22,23)24)26-16-9-15(28-29-16)12-4-6-13(21)7-5-12/h4-10H,1-3H3,(H3,25,26,27,28,29,30). The van der Waals surface area contributed by atoms with Gasteiger partial charge in [-0.05, 0) is 56.7 Å². The van der Waals surface area contributed by atoms with Crippen LogP contribution in [0.25, 0.3) is 11.3 Å². The first-order valence-electron chi connectivity index (χ1n) is 9.18. The molecule has 2 heterocycles. The molecule has 11 heteroatoms. The van der Waals surface area contributed by atoms with Crippen molar-refractivity contribution in [2.75, 3.05) is 5.32 Å². The van der Waals surface area contributed by atoms with Gasteiger partial charge in [0.25, 0.3) is 5.91 Å². The fourth-order valence-corrected chi connectivity index (χ4v) is 2.71. The number of hydrogen-bond acceptors (Lipinski definition) is 4. The van der Waals surface area contributed by atoms with Gasteiger partial charge in [-0.3, -0.25) is 15.2 Å². The summed E-state index contributed by atoms with van der Waals surface area (Å²) in [4.78, 5) is 16.7. The highest BCUT2D eigenvalue weighted by molar-refractivity contribution is 6.10. The second-order valence-corrected chi connectivity index (χ2v) is 6.92. The first kappa shape index (κ1) is 22.1. The molecule has 0 aliphatic rings. The minimum absolute atomic E-state index is 0.0518. The topological polar surface area (TPSA) is 95.3 Å². The van der Waals surface area contributed by atoms with E-state index in [-0.39, 0.29) is 29.4 Å². The molecule has 3 N–H and O–H groups in total. The molecular formula is C20H19F4N5O2. The van der Waals surface area contributed by atoms with Gasteiger partial charge in [-0.15, -0.1) is 0 Å². The fraction of sp³-hybridized carbons (Fsp3) is 0.250. The average molecular weight is 437 g/mol. The van der Waals surface area contributed by atoms with Crippen LogP contribution in [0.3, 0.4) is 0 Å². The van der Waals surface area contributed by atoms with Crippen molar-refractivity contribution in [2.45, 2.75) is 33.0 Å². The Morgan fingerprint density at radius 3 is 2.48 bits per heavy atom. The smallest absolute Gasteiger partial charge is 0.450 e. The molecule has 164 valence electrons. The summed E-state index contributed by atoms with van der Waals surface area (Å²) in [6, 6.07) is 7.99. The minimum Gasteiger partial charge on any atom is -0.456 e. The van der Waals surface area contributed by atoms with Crippen molar-refractivity contribution in [2.24, 2.45) is 4.99 Å². The van der Waals surface area contributed by atoms with E-state index in [1.165, 1.54) is 19.1 Å². The Bertz CT molecular complexity index is 1100. The van der Waals surface area contributed by atoms with Crippen molar-refractivity contribution in [3.05, 3.63) is 59.3 Å². The normalized spacial score (nSPS) is 12.3. The summed E-state index contributed by atoms with van der Waals surface area (Å²) in [5.41, 5.74) is 0.567. The van der Waals surface area contributed by atoms with E-state index in [1.807, 2.05) is 0 Å². The maximum Gasteiger partial charge on any atom is 0.450 e. The number of alkyl halides is 3. The van der Waals surface area contributed by atoms with Crippen molar-refractivity contribution in [3.63, 3.8) is 0 Å². The first-order chi connectivity index (χ1) is 14.5. The van der Waals surface area contributed by atoms with Crippen molar-refractivity contribution in [3.8, 4) is 11.3 Å². The number of benzene rings is 1. The highest BCUT2D eigenvalue weighted by Gasteiger charge is 2.40. The number of furan rings is 1.